The molecule has 24 heavy (non-hydrogen) atoms. The standard InChI is InChI=1S/C21H16O3/c22-11-19-17(23)10-18(24-19)15-8-6-14-5-4-12-2-1-3-13-7-9-16(15)21(14)20(12)13/h1-9,18-19,22H,10-11H2/t18-,19-/m1/s1. The number of hydrogen-bond acceptors (Lipinski definition) is 3. The van der Waals surface area contributed by atoms with Crippen molar-refractivity contribution in [3.63, 3.8) is 0 Å². The lowest BCUT2D eigenvalue weighted by atomic mass is 9.90. The molecule has 0 saturated carbocycles. The molecule has 0 amide bonds. The number of benzene rings is 4. The first-order valence-corrected chi connectivity index (χ1v) is 8.22. The minimum atomic E-state index is -0.687. The van der Waals surface area contributed by atoms with Crippen molar-refractivity contribution < 1.29 is 14.6 Å². The highest BCUT2D eigenvalue weighted by molar-refractivity contribution is 6.23. The molecule has 0 bridgehead atoms. The molecule has 0 spiro atoms. The van der Waals surface area contributed by atoms with Crippen LogP contribution in [0.5, 0.6) is 0 Å². The SMILES string of the molecule is O=C1C[C@H](c2ccc3ccc4cccc5ccc2c3c45)O[C@@H]1CO. The van der Waals surface area contributed by atoms with Gasteiger partial charge in [-0.15, -0.1) is 0 Å². The first-order chi connectivity index (χ1) is 11.8. The zero-order chi connectivity index (χ0) is 16.3. The Bertz CT molecular complexity index is 1070. The summed E-state index contributed by atoms with van der Waals surface area (Å²) in [6, 6.07) is 19.0. The normalized spacial score (nSPS) is 21.5. The Balaban J connectivity index is 1.80. The van der Waals surface area contributed by atoms with Crippen LogP contribution in [0, 0.1) is 0 Å². The fraction of sp³-hybridized carbons (Fsp3) is 0.190. The summed E-state index contributed by atoms with van der Waals surface area (Å²) in [5.41, 5.74) is 1.03. The summed E-state index contributed by atoms with van der Waals surface area (Å²) >= 11 is 0. The van der Waals surface area contributed by atoms with E-state index in [1.54, 1.807) is 0 Å². The molecule has 0 radical (unpaired) electrons. The number of rotatable bonds is 2. The Morgan fingerprint density at radius 3 is 2.29 bits per heavy atom. The number of hydrogen-bond donors (Lipinski definition) is 1. The van der Waals surface area contributed by atoms with Gasteiger partial charge in [0.25, 0.3) is 0 Å². The summed E-state index contributed by atoms with van der Waals surface area (Å²) in [6.07, 6.45) is -0.636. The molecular weight excluding hydrogens is 300 g/mol. The molecule has 3 heteroatoms. The second kappa shape index (κ2) is 5.00. The average Bonchev–Trinajstić information content (AvgIpc) is 3.00. The lowest BCUT2D eigenvalue weighted by Crippen LogP contribution is -2.19. The third kappa shape index (κ3) is 1.83. The van der Waals surface area contributed by atoms with E-state index in [0.29, 0.717) is 6.42 Å². The molecule has 118 valence electrons. The van der Waals surface area contributed by atoms with Gasteiger partial charge in [0.15, 0.2) is 5.78 Å². The van der Waals surface area contributed by atoms with Crippen molar-refractivity contribution in [1.82, 2.24) is 0 Å². The van der Waals surface area contributed by atoms with Gasteiger partial charge in [-0.2, -0.15) is 0 Å². The van der Waals surface area contributed by atoms with Gasteiger partial charge in [-0.3, -0.25) is 4.79 Å². The molecule has 1 aliphatic rings. The van der Waals surface area contributed by atoms with E-state index in [1.807, 2.05) is 0 Å². The third-order valence-electron chi connectivity index (χ3n) is 5.15. The third-order valence-corrected chi connectivity index (χ3v) is 5.15. The average molecular weight is 316 g/mol. The van der Waals surface area contributed by atoms with E-state index in [2.05, 4.69) is 54.6 Å². The van der Waals surface area contributed by atoms with Gasteiger partial charge in [0, 0.05) is 6.42 Å². The summed E-state index contributed by atoms with van der Waals surface area (Å²) in [7, 11) is 0. The number of ketones is 1. The maximum absolute atomic E-state index is 12.0. The topological polar surface area (TPSA) is 46.5 Å². The lowest BCUT2D eigenvalue weighted by Gasteiger charge is -2.17. The molecule has 0 aliphatic carbocycles. The van der Waals surface area contributed by atoms with Gasteiger partial charge >= 0.3 is 0 Å². The lowest BCUT2D eigenvalue weighted by molar-refractivity contribution is -0.124. The quantitative estimate of drug-likeness (QED) is 0.569. The number of carbonyl (C=O) groups is 1. The Hall–Kier alpha value is -2.49. The van der Waals surface area contributed by atoms with E-state index in [-0.39, 0.29) is 18.5 Å². The maximum atomic E-state index is 12.0. The maximum Gasteiger partial charge on any atom is 0.166 e. The molecule has 2 atom stereocenters. The van der Waals surface area contributed by atoms with Crippen LogP contribution >= 0.6 is 0 Å². The predicted molar refractivity (Wildman–Crippen MR) is 94.5 cm³/mol. The predicted octanol–water partition coefficient (Wildman–Crippen LogP) is 3.98. The van der Waals surface area contributed by atoms with Crippen molar-refractivity contribution in [2.75, 3.05) is 6.61 Å². The Morgan fingerprint density at radius 2 is 1.58 bits per heavy atom. The number of ether oxygens (including phenoxy) is 1. The van der Waals surface area contributed by atoms with E-state index in [0.717, 1.165) is 10.9 Å². The number of aliphatic hydroxyl groups is 1. The van der Waals surface area contributed by atoms with Crippen LogP contribution in [0.2, 0.25) is 0 Å². The van der Waals surface area contributed by atoms with Crippen LogP contribution in [-0.4, -0.2) is 23.6 Å². The van der Waals surface area contributed by atoms with Crippen LogP contribution in [0.1, 0.15) is 18.1 Å². The van der Waals surface area contributed by atoms with Crippen molar-refractivity contribution in [1.29, 1.82) is 0 Å². The summed E-state index contributed by atoms with van der Waals surface area (Å²) in [5.74, 6) is -0.0202. The van der Waals surface area contributed by atoms with Gasteiger partial charge < -0.3 is 9.84 Å². The molecule has 4 aromatic rings. The summed E-state index contributed by atoms with van der Waals surface area (Å²) < 4.78 is 5.80. The van der Waals surface area contributed by atoms with Crippen LogP contribution in [0.4, 0.5) is 0 Å². The Labute approximate surface area is 138 Å². The van der Waals surface area contributed by atoms with Crippen LogP contribution in [0.3, 0.4) is 0 Å². The van der Waals surface area contributed by atoms with Gasteiger partial charge in [-0.05, 0) is 37.9 Å². The highest BCUT2D eigenvalue weighted by atomic mass is 16.5. The molecule has 0 aromatic heterocycles. The molecule has 1 saturated heterocycles. The number of carbonyl (C=O) groups excluding carboxylic acids is 1. The molecule has 3 nitrogen and oxygen atoms in total. The van der Waals surface area contributed by atoms with Gasteiger partial charge in [0.2, 0.25) is 0 Å². The highest BCUT2D eigenvalue weighted by Gasteiger charge is 2.34. The molecule has 1 N–H and O–H groups in total. The second-order valence-corrected chi connectivity index (χ2v) is 6.48. The van der Waals surface area contributed by atoms with Gasteiger partial charge in [0.1, 0.15) is 6.10 Å². The fourth-order valence-electron chi connectivity index (χ4n) is 4.00. The summed E-state index contributed by atoms with van der Waals surface area (Å²) in [4.78, 5) is 12.0. The zero-order valence-corrected chi connectivity index (χ0v) is 13.0. The highest BCUT2D eigenvalue weighted by Crippen LogP contribution is 2.40. The van der Waals surface area contributed by atoms with E-state index in [1.165, 1.54) is 26.9 Å². The van der Waals surface area contributed by atoms with Crippen molar-refractivity contribution in [2.24, 2.45) is 0 Å². The van der Waals surface area contributed by atoms with Crippen LogP contribution in [0.15, 0.2) is 54.6 Å². The molecule has 1 fully saturated rings. The molecule has 1 heterocycles. The van der Waals surface area contributed by atoms with Crippen LogP contribution in [-0.2, 0) is 9.53 Å². The van der Waals surface area contributed by atoms with Gasteiger partial charge in [-0.1, -0.05) is 54.6 Å². The van der Waals surface area contributed by atoms with E-state index in [4.69, 9.17) is 4.74 Å². The number of aliphatic hydroxyl groups excluding tert-OH is 1. The van der Waals surface area contributed by atoms with Crippen molar-refractivity contribution in [2.45, 2.75) is 18.6 Å². The van der Waals surface area contributed by atoms with E-state index in [9.17, 15) is 9.90 Å². The van der Waals surface area contributed by atoms with Crippen molar-refractivity contribution in [3.8, 4) is 0 Å². The minimum absolute atomic E-state index is 0.0202. The Kier molecular flexibility index (Phi) is 2.90. The summed E-state index contributed by atoms with van der Waals surface area (Å²) in [6.45, 7) is -0.249. The smallest absolute Gasteiger partial charge is 0.166 e. The molecule has 1 aliphatic heterocycles. The molecular formula is C21H16O3. The van der Waals surface area contributed by atoms with Gasteiger partial charge in [-0.25, -0.2) is 0 Å². The van der Waals surface area contributed by atoms with Crippen LogP contribution in [0.25, 0.3) is 32.3 Å². The molecule has 0 unspecified atom stereocenters. The first-order valence-electron chi connectivity index (χ1n) is 8.22. The largest absolute Gasteiger partial charge is 0.393 e. The monoisotopic (exact) mass is 316 g/mol. The van der Waals surface area contributed by atoms with Crippen molar-refractivity contribution in [3.05, 3.63) is 60.2 Å². The fourth-order valence-corrected chi connectivity index (χ4v) is 4.00. The minimum Gasteiger partial charge on any atom is -0.393 e. The van der Waals surface area contributed by atoms with E-state index < -0.39 is 6.10 Å². The van der Waals surface area contributed by atoms with Crippen molar-refractivity contribution >= 4 is 38.1 Å². The summed E-state index contributed by atoms with van der Waals surface area (Å²) in [5, 5.41) is 16.6. The molecule has 4 aromatic carbocycles. The van der Waals surface area contributed by atoms with Crippen LogP contribution < -0.4 is 0 Å². The second-order valence-electron chi connectivity index (χ2n) is 6.48. The zero-order valence-electron chi connectivity index (χ0n) is 13.0. The number of Topliss-reactive ketones (excluding diaryl/α,β-unsaturated/α-hetero) is 1. The Morgan fingerprint density at radius 1 is 0.917 bits per heavy atom. The molecule has 5 rings (SSSR count). The van der Waals surface area contributed by atoms with E-state index >= 15 is 0 Å². The van der Waals surface area contributed by atoms with Gasteiger partial charge in [0.05, 0.1) is 12.7 Å². The first kappa shape index (κ1) is 13.9.